The van der Waals surface area contributed by atoms with E-state index < -0.39 is 16.5 Å². The van der Waals surface area contributed by atoms with E-state index >= 15 is 0 Å². The first-order valence-electron chi connectivity index (χ1n) is 5.01. The van der Waals surface area contributed by atoms with Gasteiger partial charge in [-0.25, -0.2) is 4.79 Å². The molecule has 2 N–H and O–H groups in total. The lowest BCUT2D eigenvalue weighted by Crippen LogP contribution is -2.12. The zero-order valence-electron chi connectivity index (χ0n) is 10.2. The maximum Gasteiger partial charge on any atom is 0.335 e. The first-order valence-corrected chi connectivity index (χ1v) is 5.01. The van der Waals surface area contributed by atoms with Gasteiger partial charge in [-0.15, -0.1) is 6.58 Å². The molecule has 1 aromatic rings. The van der Waals surface area contributed by atoms with Crippen LogP contribution in [0.25, 0.3) is 0 Å². The summed E-state index contributed by atoms with van der Waals surface area (Å²) in [7, 11) is 0. The van der Waals surface area contributed by atoms with E-state index in [1.165, 1.54) is 18.2 Å². The number of carboxylic acids is 1. The maximum absolute atomic E-state index is 10.3. The van der Waals surface area contributed by atoms with Crippen molar-refractivity contribution in [3.8, 4) is 0 Å². The molecule has 0 unspecified atom stereocenters. The molecule has 1 aromatic carbocycles. The lowest BCUT2D eigenvalue weighted by molar-refractivity contribution is -0.384. The lowest BCUT2D eigenvalue weighted by Gasteiger charge is -2.07. The topological polar surface area (TPSA) is 101 Å². The Labute approximate surface area is 104 Å². The standard InChI is InChI=1S/C7H5NO4.C5H10O/c9-7(10)5-1-3-6(4-2-5)8(11)12;1-4-5(2,3)6/h1-4H,(H,9,10);4,6H,1H2,2-3H3. The largest absolute Gasteiger partial charge is 0.478 e. The highest BCUT2D eigenvalue weighted by atomic mass is 16.6. The van der Waals surface area contributed by atoms with Gasteiger partial charge in [-0.2, -0.15) is 0 Å². The molecule has 0 heterocycles. The Kier molecular flexibility index (Phi) is 5.71. The van der Waals surface area contributed by atoms with Crippen molar-refractivity contribution in [2.24, 2.45) is 0 Å². The van der Waals surface area contributed by atoms with Crippen LogP contribution in [0.5, 0.6) is 0 Å². The first kappa shape index (κ1) is 15.8. The molecule has 6 nitrogen and oxygen atoms in total. The fourth-order valence-corrected chi connectivity index (χ4v) is 0.726. The van der Waals surface area contributed by atoms with Crippen LogP contribution in [0.1, 0.15) is 24.2 Å². The number of aromatic carboxylic acids is 1. The lowest BCUT2D eigenvalue weighted by atomic mass is 10.1. The molecule has 0 fully saturated rings. The summed E-state index contributed by atoms with van der Waals surface area (Å²) in [4.78, 5) is 19.9. The SMILES string of the molecule is C=CC(C)(C)O.O=C(O)c1ccc([N+](=O)[O-])cc1. The van der Waals surface area contributed by atoms with Crippen LogP contribution in [0.3, 0.4) is 0 Å². The molecule has 0 aliphatic heterocycles. The number of carboxylic acid groups (broad SMARTS) is 1. The predicted octanol–water partition coefficient (Wildman–Crippen LogP) is 2.24. The molecule has 0 atom stereocenters. The van der Waals surface area contributed by atoms with Crippen LogP contribution < -0.4 is 0 Å². The maximum atomic E-state index is 10.3. The van der Waals surface area contributed by atoms with Gasteiger partial charge in [0.1, 0.15) is 0 Å². The molecule has 0 aliphatic rings. The molecule has 18 heavy (non-hydrogen) atoms. The monoisotopic (exact) mass is 253 g/mol. The summed E-state index contributed by atoms with van der Waals surface area (Å²) in [6.45, 7) is 6.74. The quantitative estimate of drug-likeness (QED) is 0.488. The summed E-state index contributed by atoms with van der Waals surface area (Å²) in [5, 5.41) is 27.3. The van der Waals surface area contributed by atoms with Crippen LogP contribution >= 0.6 is 0 Å². The fraction of sp³-hybridized carbons (Fsp3) is 0.250. The Balaban J connectivity index is 0.000000411. The van der Waals surface area contributed by atoms with Gasteiger partial charge in [-0.3, -0.25) is 10.1 Å². The van der Waals surface area contributed by atoms with Crippen LogP contribution in [-0.2, 0) is 0 Å². The van der Waals surface area contributed by atoms with Crippen LogP contribution in [0.4, 0.5) is 5.69 Å². The van der Waals surface area contributed by atoms with E-state index in [0.29, 0.717) is 0 Å². The Morgan fingerprint density at radius 1 is 1.39 bits per heavy atom. The van der Waals surface area contributed by atoms with Crippen molar-refractivity contribution >= 4 is 11.7 Å². The summed E-state index contributed by atoms with van der Waals surface area (Å²) in [6, 6.07) is 4.70. The molecule has 0 bridgehead atoms. The van der Waals surface area contributed by atoms with E-state index in [1.54, 1.807) is 13.8 Å². The molecule has 0 aromatic heterocycles. The van der Waals surface area contributed by atoms with Gasteiger partial charge in [-0.1, -0.05) is 6.08 Å². The van der Waals surface area contributed by atoms with Crippen molar-refractivity contribution in [3.63, 3.8) is 0 Å². The molecule has 0 amide bonds. The van der Waals surface area contributed by atoms with E-state index in [9.17, 15) is 14.9 Å². The van der Waals surface area contributed by atoms with Gasteiger partial charge >= 0.3 is 5.97 Å². The number of hydrogen-bond donors (Lipinski definition) is 2. The van der Waals surface area contributed by atoms with Crippen LogP contribution in [-0.4, -0.2) is 26.7 Å². The highest BCUT2D eigenvalue weighted by Gasteiger charge is 2.06. The summed E-state index contributed by atoms with van der Waals surface area (Å²) in [5.41, 5.74) is -0.763. The van der Waals surface area contributed by atoms with E-state index in [0.717, 1.165) is 12.1 Å². The number of non-ortho nitro benzene ring substituents is 1. The van der Waals surface area contributed by atoms with Crippen molar-refractivity contribution in [3.05, 3.63) is 52.6 Å². The Hall–Kier alpha value is -2.21. The second-order valence-electron chi connectivity index (χ2n) is 3.97. The summed E-state index contributed by atoms with van der Waals surface area (Å²) >= 11 is 0. The second-order valence-corrected chi connectivity index (χ2v) is 3.97. The minimum absolute atomic E-state index is 0.0422. The third-order valence-electron chi connectivity index (χ3n) is 1.82. The number of aliphatic hydroxyl groups is 1. The third kappa shape index (κ3) is 6.39. The number of carbonyl (C=O) groups is 1. The molecule has 0 saturated carbocycles. The molecule has 0 saturated heterocycles. The minimum Gasteiger partial charge on any atom is -0.478 e. The van der Waals surface area contributed by atoms with Crippen molar-refractivity contribution < 1.29 is 19.9 Å². The Morgan fingerprint density at radius 3 is 2.00 bits per heavy atom. The first-order chi connectivity index (χ1) is 8.17. The summed E-state index contributed by atoms with van der Waals surface area (Å²) in [6.07, 6.45) is 1.49. The number of nitro groups is 1. The van der Waals surface area contributed by atoms with Crippen LogP contribution in [0, 0.1) is 10.1 Å². The zero-order chi connectivity index (χ0) is 14.3. The normalized spacial score (nSPS) is 9.94. The van der Waals surface area contributed by atoms with E-state index in [1.807, 2.05) is 0 Å². The number of nitrogens with zero attached hydrogens (tertiary/aromatic N) is 1. The van der Waals surface area contributed by atoms with Crippen molar-refractivity contribution in [2.45, 2.75) is 19.4 Å². The number of benzene rings is 1. The summed E-state index contributed by atoms with van der Waals surface area (Å²) in [5.74, 6) is -1.09. The number of rotatable bonds is 3. The average molecular weight is 253 g/mol. The molecule has 0 aliphatic carbocycles. The van der Waals surface area contributed by atoms with Gasteiger partial charge in [-0.05, 0) is 26.0 Å². The van der Waals surface area contributed by atoms with Crippen LogP contribution in [0.15, 0.2) is 36.9 Å². The Morgan fingerprint density at radius 2 is 1.78 bits per heavy atom. The highest BCUT2D eigenvalue weighted by Crippen LogP contribution is 2.11. The van der Waals surface area contributed by atoms with Gasteiger partial charge in [0.25, 0.3) is 5.69 Å². The van der Waals surface area contributed by atoms with E-state index in [4.69, 9.17) is 10.2 Å². The van der Waals surface area contributed by atoms with Gasteiger partial charge in [0.2, 0.25) is 0 Å². The molecule has 98 valence electrons. The van der Waals surface area contributed by atoms with Crippen molar-refractivity contribution in [2.75, 3.05) is 0 Å². The van der Waals surface area contributed by atoms with Gasteiger partial charge in [0.15, 0.2) is 0 Å². The molecular weight excluding hydrogens is 238 g/mol. The predicted molar refractivity (Wildman–Crippen MR) is 66.6 cm³/mol. The smallest absolute Gasteiger partial charge is 0.335 e. The minimum atomic E-state index is -1.09. The zero-order valence-corrected chi connectivity index (χ0v) is 10.2. The second kappa shape index (κ2) is 6.51. The van der Waals surface area contributed by atoms with Crippen molar-refractivity contribution in [1.82, 2.24) is 0 Å². The number of nitro benzene ring substituents is 1. The Bertz CT molecular complexity index is 398. The van der Waals surface area contributed by atoms with Crippen molar-refractivity contribution in [1.29, 1.82) is 0 Å². The van der Waals surface area contributed by atoms with E-state index in [-0.39, 0.29) is 11.3 Å². The molecular formula is C12H15NO5. The summed E-state index contributed by atoms with van der Waals surface area (Å²) < 4.78 is 0. The van der Waals surface area contributed by atoms with Gasteiger partial charge in [0.05, 0.1) is 16.1 Å². The molecule has 0 radical (unpaired) electrons. The number of hydrogen-bond acceptors (Lipinski definition) is 4. The van der Waals surface area contributed by atoms with E-state index in [2.05, 4.69) is 6.58 Å². The highest BCUT2D eigenvalue weighted by molar-refractivity contribution is 5.87. The van der Waals surface area contributed by atoms with Crippen LogP contribution in [0.2, 0.25) is 0 Å². The molecule has 1 rings (SSSR count). The van der Waals surface area contributed by atoms with Gasteiger partial charge in [0, 0.05) is 12.1 Å². The molecule has 6 heteroatoms. The van der Waals surface area contributed by atoms with Gasteiger partial charge < -0.3 is 10.2 Å². The average Bonchev–Trinajstić information content (AvgIpc) is 2.29. The third-order valence-corrected chi connectivity index (χ3v) is 1.82. The molecule has 0 spiro atoms. The fourth-order valence-electron chi connectivity index (χ4n) is 0.726.